The Morgan fingerprint density at radius 2 is 0.969 bits per heavy atom. The largest absolute Gasteiger partial charge is 0.508 e. The van der Waals surface area contributed by atoms with E-state index in [4.69, 9.17) is 14.2 Å². The van der Waals surface area contributed by atoms with Gasteiger partial charge in [0.1, 0.15) is 35.4 Å². The second-order valence-electron chi connectivity index (χ2n) is 18.9. The summed E-state index contributed by atoms with van der Waals surface area (Å²) >= 11 is 0. The molecule has 1 unspecified atom stereocenters. The summed E-state index contributed by atoms with van der Waals surface area (Å²) < 4.78 is 17.9. The number of ether oxygens (including phenoxy) is 3. The second-order valence-corrected chi connectivity index (χ2v) is 18.9. The Morgan fingerprint density at radius 1 is 0.569 bits per heavy atom. The van der Waals surface area contributed by atoms with Crippen LogP contribution in [0.2, 0.25) is 0 Å². The van der Waals surface area contributed by atoms with E-state index in [2.05, 4.69) is 133 Å². The van der Waals surface area contributed by atoms with Crippen LogP contribution in [0.5, 0.6) is 11.5 Å². The Balaban J connectivity index is 0.000000296. The fourth-order valence-corrected chi connectivity index (χ4v) is 8.96. The predicted octanol–water partition coefficient (Wildman–Crippen LogP) is 12.9. The fraction of sp³-hybridized carbons (Fsp3) is 0.525. The molecule has 352 valence electrons. The number of hydrogen-bond donors (Lipinski definition) is 3. The van der Waals surface area contributed by atoms with Gasteiger partial charge in [0.15, 0.2) is 0 Å². The molecular formula is C59H80O6. The number of rotatable bonds is 15. The predicted molar refractivity (Wildman–Crippen MR) is 269 cm³/mol. The topological polar surface area (TPSA) is 88.4 Å². The normalized spacial score (nSPS) is 15.2. The van der Waals surface area contributed by atoms with Crippen molar-refractivity contribution in [3.63, 3.8) is 0 Å². The molecule has 6 heteroatoms. The van der Waals surface area contributed by atoms with Crippen LogP contribution in [-0.2, 0) is 20.3 Å². The molecule has 1 atom stereocenters. The van der Waals surface area contributed by atoms with E-state index in [1.807, 2.05) is 54.5 Å². The standard InChI is InChI=1S/C33H46O4.C26H34O2/c1-9-32(34,10-2)18-17-26-13-14-27(19-24(26)5)33(11-3,12-4)28-15-16-30(25(6)20-28)35-21-29-22-37-31(7,8)23-36-29;1-7-25(28,8-2)16-15-21-11-12-22(17-19(21)5)26(9-3,10-4)23-13-14-24(27)20(6)18-23/h13-16,19-20,29,34H,9-12,21-23H2,1-8H3;11-14,17-18,27-28H,7-10H2,1-6H3. The van der Waals surface area contributed by atoms with Crippen LogP contribution < -0.4 is 4.74 Å². The van der Waals surface area contributed by atoms with Crippen LogP contribution in [0.1, 0.15) is 176 Å². The monoisotopic (exact) mass is 885 g/mol. The van der Waals surface area contributed by atoms with E-state index in [0.29, 0.717) is 51.3 Å². The third-order valence-electron chi connectivity index (χ3n) is 14.4. The first-order valence-electron chi connectivity index (χ1n) is 24.3. The Hall–Kier alpha value is -4.56. The van der Waals surface area contributed by atoms with Crippen LogP contribution in [0, 0.1) is 51.4 Å². The highest BCUT2D eigenvalue weighted by Crippen LogP contribution is 2.42. The summed E-state index contributed by atoms with van der Waals surface area (Å²) in [6.07, 6.45) is 6.39. The van der Waals surface area contributed by atoms with Crippen molar-refractivity contribution < 1.29 is 29.5 Å². The molecule has 0 bridgehead atoms. The molecule has 1 heterocycles. The Bertz CT molecular complexity index is 2300. The zero-order valence-electron chi connectivity index (χ0n) is 42.4. The molecule has 0 aromatic heterocycles. The average molecular weight is 885 g/mol. The van der Waals surface area contributed by atoms with E-state index >= 15 is 0 Å². The maximum Gasteiger partial charge on any atom is 0.125 e. The molecule has 6 nitrogen and oxygen atoms in total. The summed E-state index contributed by atoms with van der Waals surface area (Å²) in [5.74, 6) is 13.8. The van der Waals surface area contributed by atoms with Crippen LogP contribution in [0.4, 0.5) is 0 Å². The molecule has 0 aliphatic carbocycles. The number of aromatic hydroxyl groups is 1. The van der Waals surface area contributed by atoms with Gasteiger partial charge in [0.25, 0.3) is 0 Å². The van der Waals surface area contributed by atoms with Crippen molar-refractivity contribution >= 4 is 0 Å². The number of phenolic OH excluding ortho intramolecular Hbond substituents is 1. The second kappa shape index (κ2) is 22.8. The molecule has 4 aromatic carbocycles. The fourth-order valence-electron chi connectivity index (χ4n) is 8.96. The van der Waals surface area contributed by atoms with Crippen molar-refractivity contribution in [2.24, 2.45) is 0 Å². The lowest BCUT2D eigenvalue weighted by Crippen LogP contribution is -2.44. The van der Waals surface area contributed by atoms with Gasteiger partial charge >= 0.3 is 0 Å². The van der Waals surface area contributed by atoms with Crippen molar-refractivity contribution in [1.82, 2.24) is 0 Å². The quantitative estimate of drug-likeness (QED) is 0.103. The molecule has 0 amide bonds. The molecule has 1 saturated heterocycles. The molecule has 5 rings (SSSR count). The average Bonchev–Trinajstić information content (AvgIpc) is 3.30. The molecule has 65 heavy (non-hydrogen) atoms. The van der Waals surface area contributed by atoms with Crippen molar-refractivity contribution in [1.29, 1.82) is 0 Å². The van der Waals surface area contributed by atoms with Gasteiger partial charge in [-0.1, -0.05) is 128 Å². The van der Waals surface area contributed by atoms with Crippen molar-refractivity contribution in [3.8, 4) is 35.2 Å². The smallest absolute Gasteiger partial charge is 0.125 e. The summed E-state index contributed by atoms with van der Waals surface area (Å²) in [5.41, 5.74) is 9.08. The van der Waals surface area contributed by atoms with Gasteiger partial charge in [-0.2, -0.15) is 0 Å². The van der Waals surface area contributed by atoms with E-state index < -0.39 is 11.2 Å². The minimum absolute atomic E-state index is 0.0484. The highest BCUT2D eigenvalue weighted by Gasteiger charge is 2.34. The molecule has 1 fully saturated rings. The van der Waals surface area contributed by atoms with Gasteiger partial charge in [0, 0.05) is 22.0 Å². The van der Waals surface area contributed by atoms with Crippen LogP contribution >= 0.6 is 0 Å². The third-order valence-corrected chi connectivity index (χ3v) is 14.4. The molecule has 0 spiro atoms. The summed E-state index contributed by atoms with van der Waals surface area (Å²) in [7, 11) is 0. The van der Waals surface area contributed by atoms with Gasteiger partial charge < -0.3 is 29.5 Å². The number of aryl methyl sites for hydroxylation is 4. The van der Waals surface area contributed by atoms with Crippen molar-refractivity contribution in [2.45, 2.75) is 182 Å². The zero-order valence-corrected chi connectivity index (χ0v) is 42.4. The lowest BCUT2D eigenvalue weighted by molar-refractivity contribution is -0.181. The van der Waals surface area contributed by atoms with Gasteiger partial charge in [-0.05, 0) is 162 Å². The number of benzene rings is 4. The molecule has 0 saturated carbocycles. The minimum Gasteiger partial charge on any atom is -0.508 e. The third kappa shape index (κ3) is 12.7. The maximum absolute atomic E-state index is 10.6. The molecule has 1 aliphatic heterocycles. The van der Waals surface area contributed by atoms with Crippen LogP contribution in [0.3, 0.4) is 0 Å². The Kier molecular flexibility index (Phi) is 18.6. The summed E-state index contributed by atoms with van der Waals surface area (Å²) in [4.78, 5) is 0. The SMILES string of the molecule is CCC(O)(C#Cc1ccc(C(CC)(CC)c2ccc(O)c(C)c2)cc1C)CC.CCC(O)(C#Cc1ccc(C(CC)(CC)c2ccc(OCC3COC(C)(C)CO3)c(C)c2)cc1C)CC. The lowest BCUT2D eigenvalue weighted by Gasteiger charge is -2.35. The van der Waals surface area contributed by atoms with E-state index in [-0.39, 0.29) is 22.5 Å². The van der Waals surface area contributed by atoms with Gasteiger partial charge in [-0.25, -0.2) is 0 Å². The molecule has 1 aliphatic rings. The molecule has 3 N–H and O–H groups in total. The summed E-state index contributed by atoms with van der Waals surface area (Å²) in [6.45, 7) is 30.8. The van der Waals surface area contributed by atoms with Gasteiger partial charge in [0.05, 0.1) is 18.8 Å². The first kappa shape index (κ1) is 53.1. The Morgan fingerprint density at radius 3 is 1.32 bits per heavy atom. The molecular weight excluding hydrogens is 805 g/mol. The highest BCUT2D eigenvalue weighted by molar-refractivity contribution is 5.52. The first-order chi connectivity index (χ1) is 30.8. The maximum atomic E-state index is 10.6. The molecule has 4 aromatic rings. The van der Waals surface area contributed by atoms with Gasteiger partial charge in [0.2, 0.25) is 0 Å². The van der Waals surface area contributed by atoms with Crippen LogP contribution in [-0.4, -0.2) is 58.0 Å². The van der Waals surface area contributed by atoms with Crippen molar-refractivity contribution in [2.75, 3.05) is 19.8 Å². The number of phenols is 1. The van der Waals surface area contributed by atoms with Gasteiger partial charge in [-0.15, -0.1) is 0 Å². The minimum atomic E-state index is -0.921. The van der Waals surface area contributed by atoms with E-state index in [1.165, 1.54) is 22.3 Å². The summed E-state index contributed by atoms with van der Waals surface area (Å²) in [5, 5.41) is 31.0. The van der Waals surface area contributed by atoms with E-state index in [1.54, 1.807) is 6.07 Å². The van der Waals surface area contributed by atoms with E-state index in [9.17, 15) is 15.3 Å². The highest BCUT2D eigenvalue weighted by atomic mass is 16.6. The van der Waals surface area contributed by atoms with Gasteiger partial charge in [-0.3, -0.25) is 0 Å². The first-order valence-corrected chi connectivity index (χ1v) is 24.3. The van der Waals surface area contributed by atoms with Crippen LogP contribution in [0.25, 0.3) is 0 Å². The molecule has 0 radical (unpaired) electrons. The van der Waals surface area contributed by atoms with Crippen molar-refractivity contribution in [3.05, 3.63) is 128 Å². The number of hydrogen-bond acceptors (Lipinski definition) is 6. The lowest BCUT2D eigenvalue weighted by atomic mass is 9.70. The Labute approximate surface area is 393 Å². The summed E-state index contributed by atoms with van der Waals surface area (Å²) in [6, 6.07) is 25.6. The van der Waals surface area contributed by atoms with E-state index in [0.717, 1.165) is 64.8 Å². The zero-order chi connectivity index (χ0) is 48.2. The number of aliphatic hydroxyl groups is 2. The van der Waals surface area contributed by atoms with Crippen LogP contribution in [0.15, 0.2) is 72.8 Å².